The average Bonchev–Trinajstić information content (AvgIpc) is 3.12. The molecular weight excluding hydrogens is 366 g/mol. The van der Waals surface area contributed by atoms with Crippen molar-refractivity contribution in [2.24, 2.45) is 5.92 Å². The van der Waals surface area contributed by atoms with Crippen LogP contribution in [0.3, 0.4) is 0 Å². The number of rotatable bonds is 4. The van der Waals surface area contributed by atoms with Crippen molar-refractivity contribution in [2.75, 3.05) is 18.5 Å². The number of aryl methyl sites for hydroxylation is 1. The largest absolute Gasteiger partial charge is 0.373 e. The molecule has 1 aliphatic rings. The monoisotopic (exact) mass is 395 g/mol. The summed E-state index contributed by atoms with van der Waals surface area (Å²) >= 11 is 0. The SMILES string of the molecule is Cc1ccc(C2OCCCC2CNc2nc3c(cnn3C(C)(C)C)c(=O)[nH]2)cc1. The summed E-state index contributed by atoms with van der Waals surface area (Å²) < 4.78 is 7.90. The number of fused-ring (bicyclic) bond motifs is 1. The highest BCUT2D eigenvalue weighted by molar-refractivity contribution is 5.74. The highest BCUT2D eigenvalue weighted by Crippen LogP contribution is 2.33. The van der Waals surface area contributed by atoms with Gasteiger partial charge < -0.3 is 10.1 Å². The molecule has 0 aliphatic carbocycles. The number of nitrogens with zero attached hydrogens (tertiary/aromatic N) is 3. The van der Waals surface area contributed by atoms with Gasteiger partial charge >= 0.3 is 0 Å². The molecule has 3 heterocycles. The summed E-state index contributed by atoms with van der Waals surface area (Å²) in [5, 5.41) is 8.21. The molecule has 154 valence electrons. The summed E-state index contributed by atoms with van der Waals surface area (Å²) in [4.78, 5) is 20.0. The van der Waals surface area contributed by atoms with Crippen molar-refractivity contribution < 1.29 is 4.74 Å². The van der Waals surface area contributed by atoms with E-state index >= 15 is 0 Å². The lowest BCUT2D eigenvalue weighted by molar-refractivity contribution is -0.0238. The molecule has 2 N–H and O–H groups in total. The first kappa shape index (κ1) is 19.6. The van der Waals surface area contributed by atoms with Gasteiger partial charge in [-0.15, -0.1) is 0 Å². The minimum atomic E-state index is -0.256. The number of H-pyrrole nitrogens is 1. The Morgan fingerprint density at radius 2 is 2.03 bits per heavy atom. The van der Waals surface area contributed by atoms with Gasteiger partial charge in [0.25, 0.3) is 5.56 Å². The zero-order chi connectivity index (χ0) is 20.6. The van der Waals surface area contributed by atoms with E-state index in [2.05, 4.69) is 51.6 Å². The van der Waals surface area contributed by atoms with Gasteiger partial charge in [0.1, 0.15) is 5.39 Å². The predicted octanol–water partition coefficient (Wildman–Crippen LogP) is 3.76. The molecule has 1 aromatic carbocycles. The van der Waals surface area contributed by atoms with Gasteiger partial charge in [0.05, 0.1) is 17.8 Å². The molecule has 29 heavy (non-hydrogen) atoms. The second kappa shape index (κ2) is 7.63. The van der Waals surface area contributed by atoms with E-state index in [0.717, 1.165) is 19.4 Å². The van der Waals surface area contributed by atoms with Crippen LogP contribution in [0.2, 0.25) is 0 Å². The summed E-state index contributed by atoms with van der Waals surface area (Å²) in [5.74, 6) is 0.779. The molecule has 0 amide bonds. The second-order valence-electron chi connectivity index (χ2n) is 8.86. The van der Waals surface area contributed by atoms with E-state index in [4.69, 9.17) is 4.74 Å². The van der Waals surface area contributed by atoms with Crippen molar-refractivity contribution in [3.63, 3.8) is 0 Å². The Hall–Kier alpha value is -2.67. The fourth-order valence-electron chi connectivity index (χ4n) is 3.90. The van der Waals surface area contributed by atoms with Crippen molar-refractivity contribution in [1.29, 1.82) is 0 Å². The van der Waals surface area contributed by atoms with Gasteiger partial charge in [-0.05, 0) is 46.1 Å². The standard InChI is InChI=1S/C22H29N5O2/c1-14-7-9-15(10-8-14)18-16(6-5-11-29-18)12-23-21-25-19-17(20(28)26-21)13-24-27(19)22(2,3)4/h7-10,13,16,18H,5-6,11-12H2,1-4H3,(H2,23,25,26,28). The second-order valence-corrected chi connectivity index (χ2v) is 8.86. The first-order valence-corrected chi connectivity index (χ1v) is 10.2. The van der Waals surface area contributed by atoms with Gasteiger partial charge in [-0.3, -0.25) is 9.78 Å². The number of aromatic nitrogens is 4. The minimum absolute atomic E-state index is 0.0485. The molecule has 7 heteroatoms. The summed E-state index contributed by atoms with van der Waals surface area (Å²) in [6.07, 6.45) is 3.73. The lowest BCUT2D eigenvalue weighted by Crippen LogP contribution is -2.29. The number of hydrogen-bond donors (Lipinski definition) is 2. The molecule has 1 aliphatic heterocycles. The van der Waals surface area contributed by atoms with Crippen LogP contribution in [0.25, 0.3) is 11.0 Å². The van der Waals surface area contributed by atoms with Crippen molar-refractivity contribution in [1.82, 2.24) is 19.7 Å². The molecule has 1 saturated heterocycles. The van der Waals surface area contributed by atoms with Crippen LogP contribution in [0.15, 0.2) is 35.3 Å². The Kier molecular flexibility index (Phi) is 5.17. The normalized spacial score (nSPS) is 20.1. The molecule has 0 spiro atoms. The van der Waals surface area contributed by atoms with Crippen molar-refractivity contribution in [3.8, 4) is 0 Å². The van der Waals surface area contributed by atoms with Gasteiger partial charge in [0.15, 0.2) is 5.65 Å². The average molecular weight is 396 g/mol. The zero-order valence-electron chi connectivity index (χ0n) is 17.5. The van der Waals surface area contributed by atoms with Crippen LogP contribution in [-0.4, -0.2) is 32.9 Å². The lowest BCUT2D eigenvalue weighted by Gasteiger charge is -2.32. The van der Waals surface area contributed by atoms with Crippen LogP contribution < -0.4 is 10.9 Å². The Balaban J connectivity index is 1.56. The summed E-state index contributed by atoms with van der Waals surface area (Å²) in [7, 11) is 0. The number of hydrogen-bond acceptors (Lipinski definition) is 5. The lowest BCUT2D eigenvalue weighted by atomic mass is 9.89. The molecule has 7 nitrogen and oxygen atoms in total. The van der Waals surface area contributed by atoms with Gasteiger partial charge in [0.2, 0.25) is 5.95 Å². The summed E-state index contributed by atoms with van der Waals surface area (Å²) in [5.41, 5.74) is 2.60. The third-order valence-corrected chi connectivity index (χ3v) is 5.46. The first-order valence-electron chi connectivity index (χ1n) is 10.2. The van der Waals surface area contributed by atoms with Gasteiger partial charge in [0, 0.05) is 19.1 Å². The first-order chi connectivity index (χ1) is 13.8. The van der Waals surface area contributed by atoms with Gasteiger partial charge in [-0.1, -0.05) is 29.8 Å². The minimum Gasteiger partial charge on any atom is -0.373 e. The smallest absolute Gasteiger partial charge is 0.263 e. The van der Waals surface area contributed by atoms with Crippen LogP contribution in [0.5, 0.6) is 0 Å². The zero-order valence-corrected chi connectivity index (χ0v) is 17.5. The Bertz CT molecular complexity index is 1050. The van der Waals surface area contributed by atoms with E-state index in [1.165, 1.54) is 11.1 Å². The van der Waals surface area contributed by atoms with Gasteiger partial charge in [-0.25, -0.2) is 4.68 Å². The van der Waals surface area contributed by atoms with Gasteiger partial charge in [-0.2, -0.15) is 10.1 Å². The molecular formula is C22H29N5O2. The van der Waals surface area contributed by atoms with E-state index in [9.17, 15) is 4.79 Å². The molecule has 0 saturated carbocycles. The molecule has 2 unspecified atom stereocenters. The third-order valence-electron chi connectivity index (χ3n) is 5.46. The van der Waals surface area contributed by atoms with E-state index < -0.39 is 0 Å². The van der Waals surface area contributed by atoms with E-state index in [1.807, 2.05) is 20.8 Å². The number of aromatic amines is 1. The van der Waals surface area contributed by atoms with E-state index in [0.29, 0.717) is 29.4 Å². The number of benzene rings is 1. The Morgan fingerprint density at radius 3 is 2.76 bits per heavy atom. The fourth-order valence-corrected chi connectivity index (χ4v) is 3.90. The van der Waals surface area contributed by atoms with Crippen LogP contribution in [0.1, 0.15) is 50.8 Å². The molecule has 0 radical (unpaired) electrons. The van der Waals surface area contributed by atoms with Crippen LogP contribution in [0.4, 0.5) is 5.95 Å². The quantitative estimate of drug-likeness (QED) is 0.703. The van der Waals surface area contributed by atoms with Crippen LogP contribution >= 0.6 is 0 Å². The molecule has 2 aromatic heterocycles. The maximum Gasteiger partial charge on any atom is 0.263 e. The van der Waals surface area contributed by atoms with Crippen molar-refractivity contribution >= 4 is 17.0 Å². The molecule has 1 fully saturated rings. The summed E-state index contributed by atoms with van der Waals surface area (Å²) in [6, 6.07) is 8.54. The molecule has 3 aromatic rings. The fraction of sp³-hybridized carbons (Fsp3) is 0.500. The maximum atomic E-state index is 12.5. The van der Waals surface area contributed by atoms with Crippen molar-refractivity contribution in [2.45, 2.75) is 52.2 Å². The summed E-state index contributed by atoms with van der Waals surface area (Å²) in [6.45, 7) is 9.67. The molecule has 0 bridgehead atoms. The number of nitrogens with one attached hydrogen (secondary N) is 2. The predicted molar refractivity (Wildman–Crippen MR) is 114 cm³/mol. The highest BCUT2D eigenvalue weighted by Gasteiger charge is 2.28. The molecule has 4 rings (SSSR count). The van der Waals surface area contributed by atoms with E-state index in [1.54, 1.807) is 10.9 Å². The Morgan fingerprint density at radius 1 is 1.28 bits per heavy atom. The topological polar surface area (TPSA) is 84.8 Å². The number of anilines is 1. The van der Waals surface area contributed by atoms with Crippen LogP contribution in [-0.2, 0) is 10.3 Å². The molecule has 2 atom stereocenters. The van der Waals surface area contributed by atoms with E-state index in [-0.39, 0.29) is 17.2 Å². The maximum absolute atomic E-state index is 12.5. The third kappa shape index (κ3) is 4.05. The van der Waals surface area contributed by atoms with Crippen LogP contribution in [0, 0.1) is 12.8 Å². The van der Waals surface area contributed by atoms with Crippen molar-refractivity contribution in [3.05, 3.63) is 51.9 Å². The Labute approximate surface area is 170 Å². The number of ether oxygens (including phenoxy) is 1. The highest BCUT2D eigenvalue weighted by atomic mass is 16.5.